The summed E-state index contributed by atoms with van der Waals surface area (Å²) in [5.41, 5.74) is 0.646. The molecule has 1 saturated carbocycles. The van der Waals surface area contributed by atoms with Gasteiger partial charge < -0.3 is 9.64 Å². The molecule has 1 aromatic carbocycles. The Morgan fingerprint density at radius 2 is 1.93 bits per heavy atom. The van der Waals surface area contributed by atoms with E-state index in [1.165, 1.54) is 5.56 Å². The summed E-state index contributed by atoms with van der Waals surface area (Å²) in [4.78, 5) is 31.9. The number of rotatable bonds is 3. The number of carbonyl (C=O) groups is 2. The molecular formula is C22H26N4O3. The van der Waals surface area contributed by atoms with Gasteiger partial charge in [0.05, 0.1) is 18.9 Å². The number of nitrogens with zero attached hydrogens (tertiary/aromatic N) is 4. The maximum absolute atomic E-state index is 13.3. The van der Waals surface area contributed by atoms with E-state index in [1.807, 2.05) is 27.8 Å². The zero-order valence-corrected chi connectivity index (χ0v) is 16.5. The highest BCUT2D eigenvalue weighted by molar-refractivity contribution is 5.88. The minimum atomic E-state index is -0.546. The average Bonchev–Trinajstić information content (AvgIpc) is 3.39. The largest absolute Gasteiger partial charge is 0.458 e. The number of carbonyl (C=O) groups excluding carboxylic acids is 2. The molecule has 7 nitrogen and oxygen atoms in total. The Balaban J connectivity index is 1.27. The van der Waals surface area contributed by atoms with Gasteiger partial charge >= 0.3 is 5.97 Å². The van der Waals surface area contributed by atoms with Crippen molar-refractivity contribution in [2.24, 2.45) is 5.92 Å². The lowest BCUT2D eigenvalue weighted by Gasteiger charge is -2.32. The number of fused-ring (bicyclic) bond motifs is 1. The van der Waals surface area contributed by atoms with Gasteiger partial charge in [-0.3, -0.25) is 9.59 Å². The van der Waals surface area contributed by atoms with Crippen molar-refractivity contribution in [3.8, 4) is 0 Å². The number of ether oxygens (including phenoxy) is 1. The number of benzene rings is 1. The first kappa shape index (κ1) is 18.3. The molecule has 3 aliphatic rings. The molecule has 1 spiro atoms. The van der Waals surface area contributed by atoms with Crippen molar-refractivity contribution in [2.75, 3.05) is 13.1 Å². The lowest BCUT2D eigenvalue weighted by molar-refractivity contribution is -0.151. The molecule has 0 radical (unpaired) electrons. The summed E-state index contributed by atoms with van der Waals surface area (Å²) in [7, 11) is 0. The van der Waals surface area contributed by atoms with Gasteiger partial charge in [0.1, 0.15) is 11.4 Å². The Morgan fingerprint density at radius 1 is 1.14 bits per heavy atom. The standard InChI is InChI=1S/C22H26N4O3/c27-20-15-17(22(29-20)9-4-5-10-22)21(28)25-11-8-19-23-18(24-26(19)13-12-25)14-16-6-2-1-3-7-16/h1-3,6-7,17H,4-5,8-15H2. The van der Waals surface area contributed by atoms with Crippen LogP contribution in [0.3, 0.4) is 0 Å². The van der Waals surface area contributed by atoms with Gasteiger partial charge in [0, 0.05) is 25.9 Å². The van der Waals surface area contributed by atoms with Crippen molar-refractivity contribution in [3.05, 3.63) is 47.5 Å². The minimum absolute atomic E-state index is 0.0630. The Kier molecular flexibility index (Phi) is 4.60. The first-order valence-electron chi connectivity index (χ1n) is 10.6. The molecule has 0 N–H and O–H groups in total. The summed E-state index contributed by atoms with van der Waals surface area (Å²) in [6, 6.07) is 10.2. The topological polar surface area (TPSA) is 77.3 Å². The van der Waals surface area contributed by atoms with Gasteiger partial charge in [-0.1, -0.05) is 30.3 Å². The van der Waals surface area contributed by atoms with Crippen molar-refractivity contribution < 1.29 is 14.3 Å². The molecule has 0 bridgehead atoms. The van der Waals surface area contributed by atoms with Crippen LogP contribution in [-0.4, -0.2) is 50.2 Å². The highest BCUT2D eigenvalue weighted by Gasteiger charge is 2.54. The van der Waals surface area contributed by atoms with Crippen LogP contribution in [0.2, 0.25) is 0 Å². The zero-order chi connectivity index (χ0) is 19.8. The summed E-state index contributed by atoms with van der Waals surface area (Å²) in [6.07, 6.45) is 5.31. The highest BCUT2D eigenvalue weighted by Crippen LogP contribution is 2.46. The lowest BCUT2D eigenvalue weighted by atomic mass is 9.84. The zero-order valence-electron chi connectivity index (χ0n) is 16.5. The smallest absolute Gasteiger partial charge is 0.307 e. The summed E-state index contributed by atoms with van der Waals surface area (Å²) < 4.78 is 7.61. The normalized spacial score (nSPS) is 23.1. The molecular weight excluding hydrogens is 368 g/mol. The first-order chi connectivity index (χ1) is 14.1. The van der Waals surface area contributed by atoms with Gasteiger partial charge in [0.25, 0.3) is 0 Å². The minimum Gasteiger partial charge on any atom is -0.458 e. The summed E-state index contributed by atoms with van der Waals surface area (Å²) in [5.74, 6) is 1.27. The van der Waals surface area contributed by atoms with Crippen LogP contribution in [0.15, 0.2) is 30.3 Å². The monoisotopic (exact) mass is 394 g/mol. The van der Waals surface area contributed by atoms with E-state index >= 15 is 0 Å². The third-order valence-corrected chi connectivity index (χ3v) is 6.57. The van der Waals surface area contributed by atoms with Gasteiger partial charge in [-0.15, -0.1) is 0 Å². The fourth-order valence-corrected chi connectivity index (χ4v) is 5.07. The molecule has 1 saturated heterocycles. The molecule has 2 fully saturated rings. The Bertz CT molecular complexity index is 892. The number of hydrogen-bond donors (Lipinski definition) is 0. The van der Waals surface area contributed by atoms with Crippen molar-refractivity contribution in [1.82, 2.24) is 19.7 Å². The summed E-state index contributed by atoms with van der Waals surface area (Å²) in [6.45, 7) is 1.85. The molecule has 1 atom stereocenters. The fourth-order valence-electron chi connectivity index (χ4n) is 5.07. The fraction of sp³-hybridized carbons (Fsp3) is 0.545. The van der Waals surface area contributed by atoms with E-state index < -0.39 is 5.60 Å². The third kappa shape index (κ3) is 3.43. The Labute approximate surface area is 170 Å². The SMILES string of the molecule is O=C1CC(C(=O)N2CCc3nc(Cc4ccccc4)nn3CC2)C2(CCCC2)O1. The molecule has 1 amide bonds. The molecule has 2 aliphatic heterocycles. The highest BCUT2D eigenvalue weighted by atomic mass is 16.6. The predicted octanol–water partition coefficient (Wildman–Crippen LogP) is 2.13. The average molecular weight is 394 g/mol. The van der Waals surface area contributed by atoms with E-state index in [1.54, 1.807) is 0 Å². The maximum Gasteiger partial charge on any atom is 0.307 e. The summed E-state index contributed by atoms with van der Waals surface area (Å²) >= 11 is 0. The van der Waals surface area contributed by atoms with Crippen molar-refractivity contribution >= 4 is 11.9 Å². The van der Waals surface area contributed by atoms with Crippen LogP contribution in [0.1, 0.15) is 49.3 Å². The quantitative estimate of drug-likeness (QED) is 0.746. The van der Waals surface area contributed by atoms with E-state index in [9.17, 15) is 9.59 Å². The van der Waals surface area contributed by atoms with Crippen molar-refractivity contribution in [1.29, 1.82) is 0 Å². The molecule has 7 heteroatoms. The van der Waals surface area contributed by atoms with Gasteiger partial charge in [-0.05, 0) is 31.2 Å². The first-order valence-corrected chi connectivity index (χ1v) is 10.6. The van der Waals surface area contributed by atoms with Crippen LogP contribution >= 0.6 is 0 Å². The third-order valence-electron chi connectivity index (χ3n) is 6.57. The number of hydrogen-bond acceptors (Lipinski definition) is 5. The Hall–Kier alpha value is -2.70. The number of aromatic nitrogens is 3. The molecule has 29 heavy (non-hydrogen) atoms. The lowest BCUT2D eigenvalue weighted by Crippen LogP contribution is -2.45. The van der Waals surface area contributed by atoms with E-state index in [-0.39, 0.29) is 24.2 Å². The maximum atomic E-state index is 13.3. The second-order valence-corrected chi connectivity index (χ2v) is 8.41. The van der Waals surface area contributed by atoms with Gasteiger partial charge in [-0.25, -0.2) is 9.67 Å². The molecule has 1 aliphatic carbocycles. The van der Waals surface area contributed by atoms with Crippen LogP contribution in [0.25, 0.3) is 0 Å². The number of esters is 1. The van der Waals surface area contributed by atoms with Crippen molar-refractivity contribution in [3.63, 3.8) is 0 Å². The molecule has 152 valence electrons. The van der Waals surface area contributed by atoms with Gasteiger partial charge in [0.15, 0.2) is 5.82 Å². The predicted molar refractivity (Wildman–Crippen MR) is 105 cm³/mol. The molecule has 5 rings (SSSR count). The van der Waals surface area contributed by atoms with E-state index in [0.717, 1.165) is 37.3 Å². The summed E-state index contributed by atoms with van der Waals surface area (Å²) in [5, 5.41) is 4.67. The molecule has 2 aromatic rings. The molecule has 3 heterocycles. The molecule has 1 unspecified atom stereocenters. The van der Waals surface area contributed by atoms with E-state index in [2.05, 4.69) is 17.2 Å². The van der Waals surface area contributed by atoms with Crippen LogP contribution in [0.5, 0.6) is 0 Å². The molecule has 1 aromatic heterocycles. The van der Waals surface area contributed by atoms with E-state index in [0.29, 0.717) is 32.5 Å². The van der Waals surface area contributed by atoms with Gasteiger partial charge in [0.2, 0.25) is 5.91 Å². The van der Waals surface area contributed by atoms with Crippen LogP contribution < -0.4 is 0 Å². The van der Waals surface area contributed by atoms with Crippen molar-refractivity contribution in [2.45, 2.75) is 57.1 Å². The van der Waals surface area contributed by atoms with E-state index in [4.69, 9.17) is 9.72 Å². The van der Waals surface area contributed by atoms with Crippen LogP contribution in [-0.2, 0) is 33.7 Å². The van der Waals surface area contributed by atoms with Crippen LogP contribution in [0, 0.1) is 5.92 Å². The second-order valence-electron chi connectivity index (χ2n) is 8.41. The Morgan fingerprint density at radius 3 is 2.72 bits per heavy atom. The van der Waals surface area contributed by atoms with Crippen LogP contribution in [0.4, 0.5) is 0 Å². The number of amides is 1. The second kappa shape index (κ2) is 7.28. The van der Waals surface area contributed by atoms with Gasteiger partial charge in [-0.2, -0.15) is 5.10 Å².